The number of likely N-dealkylation sites (tertiary alicyclic amines) is 1. The molecular weight excluding hydrogens is 244 g/mol. The van der Waals surface area contributed by atoms with E-state index >= 15 is 0 Å². The van der Waals surface area contributed by atoms with Crippen molar-refractivity contribution in [1.29, 1.82) is 0 Å². The number of hydrogen-bond acceptors (Lipinski definition) is 5. The minimum atomic E-state index is 0.460. The fourth-order valence-corrected chi connectivity index (χ4v) is 2.95. The van der Waals surface area contributed by atoms with Crippen molar-refractivity contribution in [2.75, 3.05) is 6.54 Å². The SMILES string of the molecule is CC1CCCC(CN)N1Cc1nnsc1Cl. The highest BCUT2D eigenvalue weighted by atomic mass is 35.5. The summed E-state index contributed by atoms with van der Waals surface area (Å²) in [5.41, 5.74) is 6.70. The van der Waals surface area contributed by atoms with Crippen LogP contribution in [-0.2, 0) is 6.54 Å². The minimum absolute atomic E-state index is 0.460. The van der Waals surface area contributed by atoms with Crippen LogP contribution < -0.4 is 5.73 Å². The van der Waals surface area contributed by atoms with E-state index < -0.39 is 0 Å². The van der Waals surface area contributed by atoms with Crippen molar-refractivity contribution in [3.8, 4) is 0 Å². The Bertz CT molecular complexity index is 343. The summed E-state index contributed by atoms with van der Waals surface area (Å²) >= 11 is 7.28. The molecule has 0 bridgehead atoms. The van der Waals surface area contributed by atoms with Crippen LogP contribution in [0.15, 0.2) is 0 Å². The molecule has 0 saturated carbocycles. The van der Waals surface area contributed by atoms with Gasteiger partial charge in [-0.2, -0.15) is 0 Å². The molecule has 1 aliphatic rings. The third kappa shape index (κ3) is 2.53. The smallest absolute Gasteiger partial charge is 0.138 e. The lowest BCUT2D eigenvalue weighted by Crippen LogP contribution is -2.48. The van der Waals surface area contributed by atoms with Gasteiger partial charge in [-0.05, 0) is 19.8 Å². The summed E-state index contributed by atoms with van der Waals surface area (Å²) in [7, 11) is 0. The topological polar surface area (TPSA) is 55.0 Å². The van der Waals surface area contributed by atoms with E-state index in [1.807, 2.05) is 0 Å². The van der Waals surface area contributed by atoms with E-state index in [0.29, 0.717) is 23.0 Å². The number of nitrogens with two attached hydrogens (primary N) is 1. The first-order valence-electron chi connectivity index (χ1n) is 5.65. The van der Waals surface area contributed by atoms with Gasteiger partial charge in [0.05, 0.1) is 0 Å². The zero-order valence-corrected chi connectivity index (χ0v) is 11.0. The molecule has 4 nitrogen and oxygen atoms in total. The maximum absolute atomic E-state index is 6.03. The molecule has 1 saturated heterocycles. The second-order valence-electron chi connectivity index (χ2n) is 4.34. The maximum Gasteiger partial charge on any atom is 0.138 e. The fourth-order valence-electron chi connectivity index (χ4n) is 2.34. The first-order chi connectivity index (χ1) is 7.72. The molecule has 0 spiro atoms. The van der Waals surface area contributed by atoms with Crippen LogP contribution in [0.4, 0.5) is 0 Å². The van der Waals surface area contributed by atoms with Crippen LogP contribution in [0.25, 0.3) is 0 Å². The molecule has 1 aromatic rings. The van der Waals surface area contributed by atoms with Gasteiger partial charge in [0.1, 0.15) is 10.0 Å². The highest BCUT2D eigenvalue weighted by Gasteiger charge is 2.28. The van der Waals surface area contributed by atoms with Gasteiger partial charge in [-0.1, -0.05) is 22.5 Å². The zero-order chi connectivity index (χ0) is 11.5. The van der Waals surface area contributed by atoms with Crippen LogP contribution in [0.1, 0.15) is 31.9 Å². The summed E-state index contributed by atoms with van der Waals surface area (Å²) in [5.74, 6) is 0. The van der Waals surface area contributed by atoms with Crippen LogP contribution in [-0.4, -0.2) is 33.1 Å². The molecule has 0 amide bonds. The fraction of sp³-hybridized carbons (Fsp3) is 0.800. The Morgan fingerprint density at radius 2 is 2.38 bits per heavy atom. The van der Waals surface area contributed by atoms with Crippen LogP contribution in [0, 0.1) is 0 Å². The largest absolute Gasteiger partial charge is 0.329 e. The summed E-state index contributed by atoms with van der Waals surface area (Å²) in [6, 6.07) is 1.02. The third-order valence-corrected chi connectivity index (χ3v) is 4.29. The highest BCUT2D eigenvalue weighted by molar-refractivity contribution is 7.10. The van der Waals surface area contributed by atoms with E-state index in [2.05, 4.69) is 21.4 Å². The number of aromatic nitrogens is 2. The Morgan fingerprint density at radius 1 is 1.56 bits per heavy atom. The van der Waals surface area contributed by atoms with Gasteiger partial charge in [0.15, 0.2) is 0 Å². The van der Waals surface area contributed by atoms with Gasteiger partial charge in [-0.15, -0.1) is 5.10 Å². The summed E-state index contributed by atoms with van der Waals surface area (Å²) in [4.78, 5) is 2.41. The van der Waals surface area contributed by atoms with Gasteiger partial charge in [0.25, 0.3) is 0 Å². The van der Waals surface area contributed by atoms with Crippen LogP contribution in [0.3, 0.4) is 0 Å². The Hall–Kier alpha value is -0.230. The number of nitrogens with zero attached hydrogens (tertiary/aromatic N) is 3. The molecule has 1 fully saturated rings. The highest BCUT2D eigenvalue weighted by Crippen LogP contribution is 2.26. The standard InChI is InChI=1S/C10H17ClN4S/c1-7-3-2-4-8(5-12)15(7)6-9-10(11)16-14-13-9/h7-8H,2-6,12H2,1H3. The monoisotopic (exact) mass is 260 g/mol. The average molecular weight is 261 g/mol. The number of hydrogen-bond donors (Lipinski definition) is 1. The van der Waals surface area contributed by atoms with E-state index in [0.717, 1.165) is 12.2 Å². The van der Waals surface area contributed by atoms with Crippen molar-refractivity contribution in [1.82, 2.24) is 14.5 Å². The average Bonchev–Trinajstić information content (AvgIpc) is 2.67. The molecule has 1 aromatic heterocycles. The Labute approximate surface area is 105 Å². The van der Waals surface area contributed by atoms with E-state index in [4.69, 9.17) is 17.3 Å². The third-order valence-electron chi connectivity index (χ3n) is 3.31. The minimum Gasteiger partial charge on any atom is -0.329 e. The summed E-state index contributed by atoms with van der Waals surface area (Å²) in [5, 5.41) is 4.07. The predicted molar refractivity (Wildman–Crippen MR) is 66.6 cm³/mol. The summed E-state index contributed by atoms with van der Waals surface area (Å²) in [6.45, 7) is 3.73. The van der Waals surface area contributed by atoms with E-state index in [9.17, 15) is 0 Å². The second-order valence-corrected chi connectivity index (χ2v) is 5.69. The molecule has 2 atom stereocenters. The van der Waals surface area contributed by atoms with Gasteiger partial charge in [-0.25, -0.2) is 0 Å². The first-order valence-corrected chi connectivity index (χ1v) is 6.80. The van der Waals surface area contributed by atoms with Crippen LogP contribution >= 0.6 is 23.1 Å². The Kier molecular flexibility index (Phi) is 4.13. The second kappa shape index (κ2) is 5.40. The predicted octanol–water partition coefficient (Wildman–Crippen LogP) is 1.89. The van der Waals surface area contributed by atoms with Crippen molar-refractivity contribution in [2.24, 2.45) is 5.73 Å². The molecule has 0 aliphatic carbocycles. The Balaban J connectivity index is 2.08. The normalized spacial score (nSPS) is 27.2. The van der Waals surface area contributed by atoms with Gasteiger partial charge in [0, 0.05) is 36.7 Å². The summed E-state index contributed by atoms with van der Waals surface area (Å²) < 4.78 is 4.57. The first kappa shape index (κ1) is 12.2. The molecule has 2 N–H and O–H groups in total. The lowest BCUT2D eigenvalue weighted by Gasteiger charge is -2.39. The molecule has 2 unspecified atom stereocenters. The summed E-state index contributed by atoms with van der Waals surface area (Å²) in [6.07, 6.45) is 3.67. The van der Waals surface area contributed by atoms with E-state index in [1.54, 1.807) is 0 Å². The van der Waals surface area contributed by atoms with Gasteiger partial charge in [0.2, 0.25) is 0 Å². The van der Waals surface area contributed by atoms with Crippen molar-refractivity contribution in [3.63, 3.8) is 0 Å². The van der Waals surface area contributed by atoms with E-state index in [1.165, 1.54) is 30.8 Å². The molecule has 0 radical (unpaired) electrons. The molecule has 90 valence electrons. The van der Waals surface area contributed by atoms with Crippen LogP contribution in [0.2, 0.25) is 4.34 Å². The quantitative estimate of drug-likeness (QED) is 0.902. The number of halogens is 1. The van der Waals surface area contributed by atoms with Crippen LogP contribution in [0.5, 0.6) is 0 Å². The van der Waals surface area contributed by atoms with E-state index in [-0.39, 0.29) is 0 Å². The lowest BCUT2D eigenvalue weighted by molar-refractivity contribution is 0.0878. The van der Waals surface area contributed by atoms with Crippen molar-refractivity contribution < 1.29 is 0 Å². The molecule has 16 heavy (non-hydrogen) atoms. The molecule has 2 rings (SSSR count). The number of rotatable bonds is 3. The van der Waals surface area contributed by atoms with Crippen molar-refractivity contribution >= 4 is 23.1 Å². The van der Waals surface area contributed by atoms with Gasteiger partial charge in [-0.3, -0.25) is 4.90 Å². The lowest BCUT2D eigenvalue weighted by atomic mass is 9.96. The van der Waals surface area contributed by atoms with Crippen molar-refractivity contribution in [3.05, 3.63) is 10.0 Å². The molecule has 2 heterocycles. The Morgan fingerprint density at radius 3 is 3.00 bits per heavy atom. The van der Waals surface area contributed by atoms with Gasteiger partial charge >= 0.3 is 0 Å². The molecule has 1 aliphatic heterocycles. The van der Waals surface area contributed by atoms with Crippen molar-refractivity contribution in [2.45, 2.75) is 44.8 Å². The molecule has 0 aromatic carbocycles. The number of piperidine rings is 1. The molecular formula is C10H17ClN4S. The maximum atomic E-state index is 6.03. The zero-order valence-electron chi connectivity index (χ0n) is 9.40. The molecule has 6 heteroatoms. The van der Waals surface area contributed by atoms with Gasteiger partial charge < -0.3 is 5.73 Å².